The van der Waals surface area contributed by atoms with Crippen molar-refractivity contribution < 1.29 is 4.79 Å². The summed E-state index contributed by atoms with van der Waals surface area (Å²) in [6.07, 6.45) is 9.26. The Kier molecular flexibility index (Phi) is 5.00. The van der Waals surface area contributed by atoms with Gasteiger partial charge in [0.1, 0.15) is 0 Å². The first kappa shape index (κ1) is 16.1. The van der Waals surface area contributed by atoms with Gasteiger partial charge in [0.15, 0.2) is 0 Å². The number of nitriles is 1. The lowest BCUT2D eigenvalue weighted by Gasteiger charge is -2.27. The zero-order valence-corrected chi connectivity index (χ0v) is 14.0. The summed E-state index contributed by atoms with van der Waals surface area (Å²) in [5, 5.41) is 12.3. The molecule has 0 radical (unpaired) electrons. The third-order valence-corrected chi connectivity index (χ3v) is 5.37. The highest BCUT2D eigenvalue weighted by Crippen LogP contribution is 2.42. The molecule has 3 heteroatoms. The van der Waals surface area contributed by atoms with Gasteiger partial charge in [0.05, 0.1) is 11.6 Å². The lowest BCUT2D eigenvalue weighted by atomic mass is 9.80. The number of nitrogens with one attached hydrogen (secondary N) is 1. The summed E-state index contributed by atoms with van der Waals surface area (Å²) < 4.78 is 0. The smallest absolute Gasteiger partial charge is 0.227 e. The van der Waals surface area contributed by atoms with Gasteiger partial charge in [0.25, 0.3) is 0 Å². The summed E-state index contributed by atoms with van der Waals surface area (Å²) in [6, 6.07) is 8.09. The van der Waals surface area contributed by atoms with Crippen LogP contribution in [0.2, 0.25) is 0 Å². The average molecular weight is 310 g/mol. The van der Waals surface area contributed by atoms with Crippen molar-refractivity contribution in [3.05, 3.63) is 29.3 Å². The largest absolute Gasteiger partial charge is 0.326 e. The molecule has 3 nitrogen and oxygen atoms in total. The van der Waals surface area contributed by atoms with Crippen LogP contribution in [-0.2, 0) is 4.79 Å². The normalized spacial score (nSPS) is 24.0. The lowest BCUT2D eigenvalue weighted by Crippen LogP contribution is -2.27. The van der Waals surface area contributed by atoms with E-state index in [2.05, 4.69) is 18.3 Å². The maximum atomic E-state index is 12.5. The molecule has 0 spiro atoms. The number of carbonyl (C=O) groups is 1. The molecule has 1 amide bonds. The van der Waals surface area contributed by atoms with Crippen molar-refractivity contribution in [1.29, 1.82) is 5.26 Å². The van der Waals surface area contributed by atoms with Gasteiger partial charge in [-0.3, -0.25) is 4.79 Å². The molecule has 1 aromatic carbocycles. The Morgan fingerprint density at radius 2 is 1.96 bits per heavy atom. The topological polar surface area (TPSA) is 52.9 Å². The number of amides is 1. The summed E-state index contributed by atoms with van der Waals surface area (Å²) in [5.41, 5.74) is 2.63. The molecule has 23 heavy (non-hydrogen) atoms. The van der Waals surface area contributed by atoms with Gasteiger partial charge in [-0.05, 0) is 68.1 Å². The van der Waals surface area contributed by atoms with E-state index < -0.39 is 0 Å². The second kappa shape index (κ2) is 7.17. The van der Waals surface area contributed by atoms with Gasteiger partial charge in [-0.1, -0.05) is 25.8 Å². The molecule has 0 saturated heterocycles. The quantitative estimate of drug-likeness (QED) is 0.833. The Morgan fingerprint density at radius 3 is 2.57 bits per heavy atom. The summed E-state index contributed by atoms with van der Waals surface area (Å²) in [6.45, 7) is 2.23. The second-order valence-corrected chi connectivity index (χ2v) is 7.18. The summed E-state index contributed by atoms with van der Waals surface area (Å²) in [5.74, 6) is 1.63. The number of hydrogen-bond acceptors (Lipinski definition) is 2. The van der Waals surface area contributed by atoms with E-state index in [4.69, 9.17) is 0 Å². The van der Waals surface area contributed by atoms with Crippen molar-refractivity contribution in [3.63, 3.8) is 0 Å². The lowest BCUT2D eigenvalue weighted by molar-refractivity contribution is -0.121. The molecule has 122 valence electrons. The fourth-order valence-corrected chi connectivity index (χ4v) is 3.85. The summed E-state index contributed by atoms with van der Waals surface area (Å²) in [4.78, 5) is 12.5. The standard InChI is InChI=1S/C20H26N2O/c1-2-3-14-4-6-16(7-5-14)20(23)22-18-10-11-19(15-8-9-15)17(12-18)13-21/h10-12,14-16H,2-9H2,1H3,(H,22,23). The van der Waals surface area contributed by atoms with Crippen molar-refractivity contribution in [1.82, 2.24) is 0 Å². The maximum Gasteiger partial charge on any atom is 0.227 e. The Bertz CT molecular complexity index is 605. The monoisotopic (exact) mass is 310 g/mol. The van der Waals surface area contributed by atoms with Crippen molar-refractivity contribution in [2.45, 2.75) is 64.2 Å². The molecule has 2 aliphatic rings. The van der Waals surface area contributed by atoms with Crippen LogP contribution in [0.1, 0.15) is 75.3 Å². The van der Waals surface area contributed by atoms with Crippen LogP contribution >= 0.6 is 0 Å². The molecule has 0 unspecified atom stereocenters. The number of carbonyl (C=O) groups excluding carboxylic acids is 1. The minimum Gasteiger partial charge on any atom is -0.326 e. The minimum absolute atomic E-state index is 0.128. The van der Waals surface area contributed by atoms with Crippen LogP contribution < -0.4 is 5.32 Å². The first-order chi connectivity index (χ1) is 11.2. The van der Waals surface area contributed by atoms with E-state index in [0.717, 1.165) is 35.6 Å². The molecule has 2 fully saturated rings. The molecular weight excluding hydrogens is 284 g/mol. The van der Waals surface area contributed by atoms with E-state index in [0.29, 0.717) is 5.92 Å². The Morgan fingerprint density at radius 1 is 1.22 bits per heavy atom. The van der Waals surface area contributed by atoms with Crippen molar-refractivity contribution >= 4 is 11.6 Å². The zero-order valence-electron chi connectivity index (χ0n) is 14.0. The molecule has 0 bridgehead atoms. The molecule has 2 aliphatic carbocycles. The van der Waals surface area contributed by atoms with E-state index in [1.165, 1.54) is 38.5 Å². The van der Waals surface area contributed by atoms with Crippen molar-refractivity contribution in [2.24, 2.45) is 11.8 Å². The SMILES string of the molecule is CCCC1CCC(C(=O)Nc2ccc(C3CC3)c(C#N)c2)CC1. The number of anilines is 1. The maximum absolute atomic E-state index is 12.5. The third kappa shape index (κ3) is 3.93. The number of hydrogen-bond donors (Lipinski definition) is 1. The van der Waals surface area contributed by atoms with Crippen molar-refractivity contribution in [3.8, 4) is 6.07 Å². The second-order valence-electron chi connectivity index (χ2n) is 7.18. The van der Waals surface area contributed by atoms with Crippen LogP contribution in [0.3, 0.4) is 0 Å². The molecule has 1 N–H and O–H groups in total. The van der Waals surface area contributed by atoms with E-state index in [1.807, 2.05) is 18.2 Å². The van der Waals surface area contributed by atoms with Gasteiger partial charge in [-0.25, -0.2) is 0 Å². The fourth-order valence-electron chi connectivity index (χ4n) is 3.85. The molecular formula is C20H26N2O. The molecule has 0 atom stereocenters. The third-order valence-electron chi connectivity index (χ3n) is 5.37. The number of nitrogens with zero attached hydrogens (tertiary/aromatic N) is 1. The van der Waals surface area contributed by atoms with Gasteiger partial charge in [0.2, 0.25) is 5.91 Å². The molecule has 0 heterocycles. The molecule has 0 aliphatic heterocycles. The highest BCUT2D eigenvalue weighted by atomic mass is 16.1. The molecule has 2 saturated carbocycles. The van der Waals surface area contributed by atoms with Gasteiger partial charge in [-0.2, -0.15) is 5.26 Å². The van der Waals surface area contributed by atoms with Gasteiger partial charge < -0.3 is 5.32 Å². The minimum atomic E-state index is 0.128. The molecule has 0 aromatic heterocycles. The predicted octanol–water partition coefficient (Wildman–Crippen LogP) is 4.98. The fraction of sp³-hybridized carbons (Fsp3) is 0.600. The average Bonchev–Trinajstić information content (AvgIpc) is 3.40. The van der Waals surface area contributed by atoms with E-state index in [1.54, 1.807) is 0 Å². The molecule has 1 aromatic rings. The van der Waals surface area contributed by atoms with E-state index in [9.17, 15) is 10.1 Å². The molecule has 3 rings (SSSR count). The predicted molar refractivity (Wildman–Crippen MR) is 92.1 cm³/mol. The first-order valence-electron chi connectivity index (χ1n) is 9.06. The van der Waals surface area contributed by atoms with Crippen LogP contribution in [-0.4, -0.2) is 5.91 Å². The summed E-state index contributed by atoms with van der Waals surface area (Å²) in [7, 11) is 0. The van der Waals surface area contributed by atoms with Gasteiger partial charge in [0, 0.05) is 11.6 Å². The van der Waals surface area contributed by atoms with E-state index >= 15 is 0 Å². The van der Waals surface area contributed by atoms with Crippen molar-refractivity contribution in [2.75, 3.05) is 5.32 Å². The Labute approximate surface area is 139 Å². The van der Waals surface area contributed by atoms with Crippen LogP contribution in [0.25, 0.3) is 0 Å². The van der Waals surface area contributed by atoms with E-state index in [-0.39, 0.29) is 11.8 Å². The zero-order chi connectivity index (χ0) is 16.2. The first-order valence-corrected chi connectivity index (χ1v) is 9.06. The Balaban J connectivity index is 1.59. The van der Waals surface area contributed by atoms with Crippen LogP contribution in [0.4, 0.5) is 5.69 Å². The van der Waals surface area contributed by atoms with Crippen LogP contribution in [0.5, 0.6) is 0 Å². The highest BCUT2D eigenvalue weighted by Gasteiger charge is 2.28. The number of rotatable bonds is 5. The van der Waals surface area contributed by atoms with Crippen LogP contribution in [0.15, 0.2) is 18.2 Å². The van der Waals surface area contributed by atoms with Gasteiger partial charge in [-0.15, -0.1) is 0 Å². The number of benzene rings is 1. The highest BCUT2D eigenvalue weighted by molar-refractivity contribution is 5.92. The Hall–Kier alpha value is -1.82. The summed E-state index contributed by atoms with van der Waals surface area (Å²) >= 11 is 0. The van der Waals surface area contributed by atoms with Crippen LogP contribution in [0, 0.1) is 23.2 Å². The van der Waals surface area contributed by atoms with Gasteiger partial charge >= 0.3 is 0 Å².